The summed E-state index contributed by atoms with van der Waals surface area (Å²) in [6.07, 6.45) is 3.58. The summed E-state index contributed by atoms with van der Waals surface area (Å²) in [5.41, 5.74) is 5.89. The van der Waals surface area contributed by atoms with Gasteiger partial charge in [-0.1, -0.05) is 75.4 Å². The third-order valence-electron chi connectivity index (χ3n) is 7.01. The standard InChI is InChI=1S/C38H33N3O2/c1-38(2,3)29-20-22-40-37(24-29)43-35-26-32(41(30-14-6-4-7-15-30)31-16-8-5-9-17-31)25-34(27-35)42-33-18-12-13-28(23-33)36-19-10-11-21-39-36/h4-27H,1-3H3. The zero-order valence-corrected chi connectivity index (χ0v) is 24.5. The Morgan fingerprint density at radius 3 is 1.84 bits per heavy atom. The van der Waals surface area contributed by atoms with Crippen LogP contribution in [0.15, 0.2) is 146 Å². The largest absolute Gasteiger partial charge is 0.457 e. The summed E-state index contributed by atoms with van der Waals surface area (Å²) in [7, 11) is 0. The zero-order chi connectivity index (χ0) is 29.6. The van der Waals surface area contributed by atoms with Gasteiger partial charge in [-0.05, 0) is 65.6 Å². The fraction of sp³-hybridized carbons (Fsp3) is 0.105. The van der Waals surface area contributed by atoms with Crippen molar-refractivity contribution >= 4 is 17.1 Å². The SMILES string of the molecule is CC(C)(C)c1ccnc(Oc2cc(Oc3cccc(-c4ccccn4)c3)cc(N(c3ccccc3)c3ccccc3)c2)c1. The Balaban J connectivity index is 1.44. The normalized spacial score (nSPS) is 11.1. The first-order valence-electron chi connectivity index (χ1n) is 14.3. The van der Waals surface area contributed by atoms with E-state index in [-0.39, 0.29) is 5.41 Å². The molecule has 5 nitrogen and oxygen atoms in total. The van der Waals surface area contributed by atoms with Crippen LogP contribution >= 0.6 is 0 Å². The molecule has 0 saturated heterocycles. The van der Waals surface area contributed by atoms with E-state index in [1.807, 2.05) is 109 Å². The molecule has 0 bridgehead atoms. The fourth-order valence-corrected chi connectivity index (χ4v) is 4.85. The van der Waals surface area contributed by atoms with Gasteiger partial charge in [0.1, 0.15) is 17.2 Å². The van der Waals surface area contributed by atoms with Gasteiger partial charge in [0.15, 0.2) is 0 Å². The third-order valence-corrected chi connectivity index (χ3v) is 7.01. The highest BCUT2D eigenvalue weighted by atomic mass is 16.5. The highest BCUT2D eigenvalue weighted by molar-refractivity contribution is 5.78. The van der Waals surface area contributed by atoms with Crippen LogP contribution in [0.1, 0.15) is 26.3 Å². The molecule has 43 heavy (non-hydrogen) atoms. The van der Waals surface area contributed by atoms with Gasteiger partial charge in [-0.15, -0.1) is 0 Å². The minimum Gasteiger partial charge on any atom is -0.457 e. The molecule has 2 heterocycles. The lowest BCUT2D eigenvalue weighted by Crippen LogP contribution is -2.11. The van der Waals surface area contributed by atoms with E-state index < -0.39 is 0 Å². The first-order chi connectivity index (χ1) is 20.9. The van der Waals surface area contributed by atoms with Crippen LogP contribution in [0.4, 0.5) is 17.1 Å². The number of benzene rings is 4. The van der Waals surface area contributed by atoms with Gasteiger partial charge in [-0.2, -0.15) is 0 Å². The van der Waals surface area contributed by atoms with Gasteiger partial charge in [-0.3, -0.25) is 4.98 Å². The van der Waals surface area contributed by atoms with Crippen molar-refractivity contribution in [3.8, 4) is 34.4 Å². The van der Waals surface area contributed by atoms with Crippen molar-refractivity contribution in [2.75, 3.05) is 4.90 Å². The van der Waals surface area contributed by atoms with Crippen molar-refractivity contribution in [1.29, 1.82) is 0 Å². The zero-order valence-electron chi connectivity index (χ0n) is 24.5. The smallest absolute Gasteiger partial charge is 0.219 e. The average molecular weight is 564 g/mol. The number of hydrogen-bond donors (Lipinski definition) is 0. The highest BCUT2D eigenvalue weighted by Crippen LogP contribution is 2.41. The molecule has 0 radical (unpaired) electrons. The molecule has 6 rings (SSSR count). The second-order valence-electron chi connectivity index (χ2n) is 11.2. The Labute approximate surface area is 253 Å². The molecule has 0 fully saturated rings. The number of aromatic nitrogens is 2. The summed E-state index contributed by atoms with van der Waals surface area (Å²) in [6, 6.07) is 44.3. The van der Waals surface area contributed by atoms with Crippen molar-refractivity contribution in [2.24, 2.45) is 0 Å². The van der Waals surface area contributed by atoms with E-state index in [4.69, 9.17) is 9.47 Å². The molecule has 0 aliphatic carbocycles. The Morgan fingerprint density at radius 2 is 1.19 bits per heavy atom. The quantitative estimate of drug-likeness (QED) is 0.184. The van der Waals surface area contributed by atoms with Crippen LogP contribution in [-0.4, -0.2) is 9.97 Å². The highest BCUT2D eigenvalue weighted by Gasteiger charge is 2.18. The molecule has 0 saturated carbocycles. The predicted octanol–water partition coefficient (Wildman–Crippen LogP) is 10.5. The van der Waals surface area contributed by atoms with Crippen molar-refractivity contribution in [1.82, 2.24) is 9.97 Å². The van der Waals surface area contributed by atoms with Gasteiger partial charge >= 0.3 is 0 Å². The Morgan fingerprint density at radius 1 is 0.512 bits per heavy atom. The van der Waals surface area contributed by atoms with Crippen LogP contribution in [0.3, 0.4) is 0 Å². The van der Waals surface area contributed by atoms with Gasteiger partial charge < -0.3 is 14.4 Å². The first kappa shape index (κ1) is 27.7. The molecule has 0 spiro atoms. The van der Waals surface area contributed by atoms with E-state index in [0.717, 1.165) is 33.9 Å². The van der Waals surface area contributed by atoms with Crippen molar-refractivity contribution in [3.05, 3.63) is 151 Å². The molecule has 0 N–H and O–H groups in total. The maximum Gasteiger partial charge on any atom is 0.219 e. The summed E-state index contributed by atoms with van der Waals surface area (Å²) >= 11 is 0. The summed E-state index contributed by atoms with van der Waals surface area (Å²) in [5, 5.41) is 0. The molecular formula is C38H33N3O2. The lowest BCUT2D eigenvalue weighted by Gasteiger charge is -2.26. The molecule has 0 amide bonds. The Bertz CT molecular complexity index is 1760. The van der Waals surface area contributed by atoms with Crippen LogP contribution in [0, 0.1) is 0 Å². The molecule has 6 aromatic rings. The third kappa shape index (κ3) is 6.74. The molecule has 0 aliphatic rings. The van der Waals surface area contributed by atoms with E-state index >= 15 is 0 Å². The van der Waals surface area contributed by atoms with Crippen molar-refractivity contribution in [3.63, 3.8) is 0 Å². The second kappa shape index (κ2) is 12.2. The van der Waals surface area contributed by atoms with Crippen molar-refractivity contribution < 1.29 is 9.47 Å². The number of pyridine rings is 2. The van der Waals surface area contributed by atoms with Crippen LogP contribution in [-0.2, 0) is 5.41 Å². The molecule has 0 unspecified atom stereocenters. The van der Waals surface area contributed by atoms with E-state index in [2.05, 4.69) is 59.9 Å². The van der Waals surface area contributed by atoms with E-state index in [9.17, 15) is 0 Å². The molecular weight excluding hydrogens is 530 g/mol. The van der Waals surface area contributed by atoms with E-state index in [1.54, 1.807) is 12.4 Å². The summed E-state index contributed by atoms with van der Waals surface area (Å²) in [6.45, 7) is 6.53. The van der Waals surface area contributed by atoms with Crippen LogP contribution in [0.5, 0.6) is 23.1 Å². The lowest BCUT2D eigenvalue weighted by molar-refractivity contribution is 0.447. The maximum absolute atomic E-state index is 6.50. The van der Waals surface area contributed by atoms with Gasteiger partial charge in [0, 0.05) is 53.6 Å². The molecule has 0 atom stereocenters. The maximum atomic E-state index is 6.50. The van der Waals surface area contributed by atoms with Gasteiger partial charge in [0.2, 0.25) is 5.88 Å². The molecule has 5 heteroatoms. The Kier molecular flexibility index (Phi) is 7.88. The number of anilines is 3. The Hall–Kier alpha value is -5.42. The summed E-state index contributed by atoms with van der Waals surface area (Å²) < 4.78 is 12.9. The minimum atomic E-state index is -0.0345. The number of nitrogens with zero attached hydrogens (tertiary/aromatic N) is 3. The average Bonchev–Trinajstić information content (AvgIpc) is 3.02. The predicted molar refractivity (Wildman–Crippen MR) is 174 cm³/mol. The number of para-hydroxylation sites is 2. The van der Waals surface area contributed by atoms with E-state index in [0.29, 0.717) is 23.1 Å². The molecule has 2 aromatic heterocycles. The summed E-state index contributed by atoms with van der Waals surface area (Å²) in [5.74, 6) is 2.47. The van der Waals surface area contributed by atoms with Crippen LogP contribution in [0.2, 0.25) is 0 Å². The van der Waals surface area contributed by atoms with Crippen LogP contribution < -0.4 is 14.4 Å². The monoisotopic (exact) mass is 563 g/mol. The van der Waals surface area contributed by atoms with E-state index in [1.165, 1.54) is 0 Å². The van der Waals surface area contributed by atoms with Crippen LogP contribution in [0.25, 0.3) is 11.3 Å². The molecule has 212 valence electrons. The van der Waals surface area contributed by atoms with Crippen molar-refractivity contribution in [2.45, 2.75) is 26.2 Å². The first-order valence-corrected chi connectivity index (χ1v) is 14.3. The topological polar surface area (TPSA) is 47.5 Å². The minimum absolute atomic E-state index is 0.0345. The fourth-order valence-electron chi connectivity index (χ4n) is 4.85. The second-order valence-corrected chi connectivity index (χ2v) is 11.2. The number of hydrogen-bond acceptors (Lipinski definition) is 5. The molecule has 4 aromatic carbocycles. The van der Waals surface area contributed by atoms with Gasteiger partial charge in [0.25, 0.3) is 0 Å². The van der Waals surface area contributed by atoms with Gasteiger partial charge in [-0.25, -0.2) is 4.98 Å². The summed E-state index contributed by atoms with van der Waals surface area (Å²) in [4.78, 5) is 11.2. The van der Waals surface area contributed by atoms with Gasteiger partial charge in [0.05, 0.1) is 11.4 Å². The number of ether oxygens (including phenoxy) is 2. The lowest BCUT2D eigenvalue weighted by atomic mass is 9.88. The molecule has 0 aliphatic heterocycles. The number of rotatable bonds is 8.